The summed E-state index contributed by atoms with van der Waals surface area (Å²) in [5.41, 5.74) is 0.851. The molecule has 2 heterocycles. The fourth-order valence-corrected chi connectivity index (χ4v) is 1.44. The van der Waals surface area contributed by atoms with E-state index in [2.05, 4.69) is 25.9 Å². The number of hydrogen-bond donors (Lipinski definition) is 0. The third-order valence-electron chi connectivity index (χ3n) is 1.51. The van der Waals surface area contributed by atoms with Crippen molar-refractivity contribution < 1.29 is 0 Å². The first kappa shape index (κ1) is 7.95. The van der Waals surface area contributed by atoms with E-state index in [1.54, 1.807) is 12.3 Å². The van der Waals surface area contributed by atoms with Gasteiger partial charge in [0.2, 0.25) is 0 Å². The summed E-state index contributed by atoms with van der Waals surface area (Å²) in [6.07, 6.45) is 1.71. The van der Waals surface area contributed by atoms with Crippen LogP contribution in [-0.4, -0.2) is 9.97 Å². The topological polar surface area (TPSA) is 25.8 Å². The van der Waals surface area contributed by atoms with Crippen LogP contribution in [0.2, 0.25) is 5.15 Å². The van der Waals surface area contributed by atoms with Gasteiger partial charge in [-0.05, 0) is 28.1 Å². The molecule has 0 saturated carbocycles. The van der Waals surface area contributed by atoms with E-state index in [4.69, 9.17) is 11.6 Å². The van der Waals surface area contributed by atoms with Gasteiger partial charge >= 0.3 is 0 Å². The predicted octanol–water partition coefficient (Wildman–Crippen LogP) is 3.05. The highest BCUT2D eigenvalue weighted by atomic mass is 79.9. The van der Waals surface area contributed by atoms with E-state index < -0.39 is 0 Å². The van der Waals surface area contributed by atoms with Crippen LogP contribution in [0.15, 0.2) is 29.0 Å². The molecule has 0 bridgehead atoms. The van der Waals surface area contributed by atoms with Crippen molar-refractivity contribution in [2.75, 3.05) is 0 Å². The molecule has 0 unspecified atom stereocenters. The minimum absolute atomic E-state index is 0.466. The second-order valence-electron chi connectivity index (χ2n) is 2.33. The molecule has 2 aromatic heterocycles. The number of fused-ring (bicyclic) bond motifs is 1. The Balaban J connectivity index is 2.80. The second kappa shape index (κ2) is 2.99. The van der Waals surface area contributed by atoms with E-state index in [0.29, 0.717) is 5.15 Å². The van der Waals surface area contributed by atoms with Crippen LogP contribution in [0.3, 0.4) is 0 Å². The van der Waals surface area contributed by atoms with Crippen molar-refractivity contribution in [3.8, 4) is 0 Å². The van der Waals surface area contributed by atoms with Gasteiger partial charge in [0.25, 0.3) is 0 Å². The number of halogens is 2. The van der Waals surface area contributed by atoms with Crippen molar-refractivity contribution in [3.05, 3.63) is 34.2 Å². The van der Waals surface area contributed by atoms with Crippen molar-refractivity contribution in [3.63, 3.8) is 0 Å². The Labute approximate surface area is 82.7 Å². The molecular formula is C8H4BrClN2. The maximum absolute atomic E-state index is 5.70. The Kier molecular flexibility index (Phi) is 1.98. The maximum Gasteiger partial charge on any atom is 0.131 e. The van der Waals surface area contributed by atoms with Gasteiger partial charge in [0.15, 0.2) is 0 Å². The lowest BCUT2D eigenvalue weighted by Gasteiger charge is -1.96. The van der Waals surface area contributed by atoms with Crippen LogP contribution >= 0.6 is 27.5 Å². The zero-order valence-corrected chi connectivity index (χ0v) is 8.30. The Bertz CT molecular complexity index is 394. The molecule has 0 fully saturated rings. The van der Waals surface area contributed by atoms with Gasteiger partial charge in [0.1, 0.15) is 9.76 Å². The molecule has 0 aromatic carbocycles. The molecule has 2 nitrogen and oxygen atoms in total. The van der Waals surface area contributed by atoms with Gasteiger partial charge in [-0.1, -0.05) is 11.6 Å². The molecule has 0 saturated heterocycles. The average Bonchev–Trinajstić information content (AvgIpc) is 2.03. The zero-order chi connectivity index (χ0) is 8.55. The van der Waals surface area contributed by atoms with E-state index in [0.717, 1.165) is 15.5 Å². The first-order chi connectivity index (χ1) is 5.75. The summed E-state index contributed by atoms with van der Waals surface area (Å²) in [6, 6.07) is 5.55. The number of pyridine rings is 2. The zero-order valence-electron chi connectivity index (χ0n) is 5.96. The van der Waals surface area contributed by atoms with Crippen LogP contribution in [-0.2, 0) is 0 Å². The summed E-state index contributed by atoms with van der Waals surface area (Å²) in [6.45, 7) is 0. The minimum Gasteiger partial charge on any atom is -0.244 e. The summed E-state index contributed by atoms with van der Waals surface area (Å²) >= 11 is 8.99. The van der Waals surface area contributed by atoms with Gasteiger partial charge in [0, 0.05) is 17.6 Å². The van der Waals surface area contributed by atoms with Gasteiger partial charge in [-0.15, -0.1) is 0 Å². The Morgan fingerprint density at radius 1 is 1.33 bits per heavy atom. The molecule has 0 aliphatic heterocycles. The molecule has 0 spiro atoms. The van der Waals surface area contributed by atoms with Crippen LogP contribution < -0.4 is 0 Å². The fourth-order valence-electron chi connectivity index (χ4n) is 0.967. The molecule has 0 amide bonds. The van der Waals surface area contributed by atoms with Crippen LogP contribution in [0, 0.1) is 0 Å². The highest BCUT2D eigenvalue weighted by molar-refractivity contribution is 9.10. The lowest BCUT2D eigenvalue weighted by molar-refractivity contribution is 1.30. The SMILES string of the molecule is Clc1cc2nc(Br)ccc2cn1. The summed E-state index contributed by atoms with van der Waals surface area (Å²) in [5.74, 6) is 0. The summed E-state index contributed by atoms with van der Waals surface area (Å²) in [5, 5.41) is 1.45. The third kappa shape index (κ3) is 1.42. The van der Waals surface area contributed by atoms with E-state index in [1.165, 1.54) is 0 Å². The van der Waals surface area contributed by atoms with Gasteiger partial charge in [-0.3, -0.25) is 0 Å². The predicted molar refractivity (Wildman–Crippen MR) is 52.2 cm³/mol. The van der Waals surface area contributed by atoms with E-state index >= 15 is 0 Å². The Hall–Kier alpha value is -0.670. The van der Waals surface area contributed by atoms with Gasteiger partial charge in [-0.2, -0.15) is 0 Å². The number of aromatic nitrogens is 2. The van der Waals surface area contributed by atoms with E-state index in [9.17, 15) is 0 Å². The molecule has 0 aliphatic carbocycles. The molecule has 60 valence electrons. The van der Waals surface area contributed by atoms with E-state index in [-0.39, 0.29) is 0 Å². The smallest absolute Gasteiger partial charge is 0.131 e. The maximum atomic E-state index is 5.70. The monoisotopic (exact) mass is 242 g/mol. The number of hydrogen-bond acceptors (Lipinski definition) is 2. The minimum atomic E-state index is 0.466. The number of nitrogens with zero attached hydrogens (tertiary/aromatic N) is 2. The standard InChI is InChI=1S/C8H4BrClN2/c9-7-2-1-5-4-11-8(10)3-6(5)12-7/h1-4H. The van der Waals surface area contributed by atoms with E-state index in [1.807, 2.05) is 12.1 Å². The molecule has 0 N–H and O–H groups in total. The molecule has 0 radical (unpaired) electrons. The molecule has 4 heteroatoms. The molecule has 0 aliphatic rings. The van der Waals surface area contributed by atoms with Crippen LogP contribution in [0.4, 0.5) is 0 Å². The summed E-state index contributed by atoms with van der Waals surface area (Å²) < 4.78 is 0.803. The highest BCUT2D eigenvalue weighted by Gasteiger charge is 1.97. The highest BCUT2D eigenvalue weighted by Crippen LogP contribution is 2.17. The second-order valence-corrected chi connectivity index (χ2v) is 3.53. The first-order valence-electron chi connectivity index (χ1n) is 3.33. The molecule has 12 heavy (non-hydrogen) atoms. The quantitative estimate of drug-likeness (QED) is 0.665. The van der Waals surface area contributed by atoms with Crippen LogP contribution in [0.1, 0.15) is 0 Å². The molecule has 2 aromatic rings. The van der Waals surface area contributed by atoms with Crippen molar-refractivity contribution in [2.45, 2.75) is 0 Å². The largest absolute Gasteiger partial charge is 0.244 e. The summed E-state index contributed by atoms with van der Waals surface area (Å²) in [4.78, 5) is 8.18. The van der Waals surface area contributed by atoms with Gasteiger partial charge < -0.3 is 0 Å². The molecule has 0 atom stereocenters. The Morgan fingerprint density at radius 2 is 2.17 bits per heavy atom. The lowest BCUT2D eigenvalue weighted by Crippen LogP contribution is -1.81. The third-order valence-corrected chi connectivity index (χ3v) is 2.15. The fraction of sp³-hybridized carbons (Fsp3) is 0. The first-order valence-corrected chi connectivity index (χ1v) is 4.50. The molecule has 2 rings (SSSR count). The average molecular weight is 243 g/mol. The summed E-state index contributed by atoms with van der Waals surface area (Å²) in [7, 11) is 0. The van der Waals surface area contributed by atoms with Crippen molar-refractivity contribution in [1.29, 1.82) is 0 Å². The van der Waals surface area contributed by atoms with Crippen molar-refractivity contribution in [1.82, 2.24) is 9.97 Å². The normalized spacial score (nSPS) is 10.5. The van der Waals surface area contributed by atoms with Crippen LogP contribution in [0.25, 0.3) is 10.9 Å². The van der Waals surface area contributed by atoms with Gasteiger partial charge in [-0.25, -0.2) is 9.97 Å². The Morgan fingerprint density at radius 3 is 3.00 bits per heavy atom. The number of rotatable bonds is 0. The van der Waals surface area contributed by atoms with Crippen molar-refractivity contribution >= 4 is 38.4 Å². The van der Waals surface area contributed by atoms with Crippen molar-refractivity contribution in [2.24, 2.45) is 0 Å². The van der Waals surface area contributed by atoms with Gasteiger partial charge in [0.05, 0.1) is 5.52 Å². The lowest BCUT2D eigenvalue weighted by atomic mass is 10.3. The van der Waals surface area contributed by atoms with Crippen LogP contribution in [0.5, 0.6) is 0 Å². The molecular weight excluding hydrogens is 239 g/mol.